The second kappa shape index (κ2) is 10.1. The standard InChI is InChI=1S/C29H31FN4O/c1-20(2)34-28-17-25(33-13-15-35-16-14-33)11-12-26(28)27(18-31)29(34)22-5-9-24(10-6-22)32-19-21-3-7-23(30)8-4-21/h3-9,11-12,17,20,24,32H,10,13-16,19H2,1-2H3. The van der Waals surface area contributed by atoms with Crippen molar-refractivity contribution < 1.29 is 9.13 Å². The third-order valence-electron chi connectivity index (χ3n) is 6.85. The van der Waals surface area contributed by atoms with Crippen molar-refractivity contribution in [3.05, 3.63) is 83.3 Å². The number of hydrogen-bond donors (Lipinski definition) is 1. The fourth-order valence-electron chi connectivity index (χ4n) is 5.05. The topological polar surface area (TPSA) is 53.2 Å². The summed E-state index contributed by atoms with van der Waals surface area (Å²) in [4.78, 5) is 2.35. The first-order valence-corrected chi connectivity index (χ1v) is 12.3. The van der Waals surface area contributed by atoms with Crippen LogP contribution in [0.5, 0.6) is 0 Å². The smallest absolute Gasteiger partial charge is 0.123 e. The van der Waals surface area contributed by atoms with Crippen molar-refractivity contribution in [2.45, 2.75) is 38.9 Å². The second-order valence-electron chi connectivity index (χ2n) is 9.47. The average molecular weight is 471 g/mol. The molecule has 5 rings (SSSR count). The van der Waals surface area contributed by atoms with E-state index < -0.39 is 0 Å². The number of fused-ring (bicyclic) bond motifs is 1. The van der Waals surface area contributed by atoms with E-state index in [-0.39, 0.29) is 17.9 Å². The predicted octanol–water partition coefficient (Wildman–Crippen LogP) is 5.57. The van der Waals surface area contributed by atoms with Crippen LogP contribution >= 0.6 is 0 Å². The molecule has 0 bridgehead atoms. The third kappa shape index (κ3) is 4.75. The number of rotatable bonds is 6. The first kappa shape index (κ1) is 23.3. The Morgan fingerprint density at radius 1 is 1.14 bits per heavy atom. The van der Waals surface area contributed by atoms with E-state index in [9.17, 15) is 9.65 Å². The van der Waals surface area contributed by atoms with Crippen LogP contribution in [-0.2, 0) is 11.3 Å². The van der Waals surface area contributed by atoms with Gasteiger partial charge in [0.2, 0.25) is 0 Å². The van der Waals surface area contributed by atoms with Gasteiger partial charge in [0.1, 0.15) is 11.9 Å². The van der Waals surface area contributed by atoms with Gasteiger partial charge in [0.15, 0.2) is 0 Å². The monoisotopic (exact) mass is 470 g/mol. The number of morpholine rings is 1. The summed E-state index contributed by atoms with van der Waals surface area (Å²) in [6.07, 6.45) is 7.35. The summed E-state index contributed by atoms with van der Waals surface area (Å²) in [7, 11) is 0. The van der Waals surface area contributed by atoms with Crippen LogP contribution in [-0.4, -0.2) is 36.9 Å². The van der Waals surface area contributed by atoms with Gasteiger partial charge in [0, 0.05) is 42.8 Å². The zero-order chi connectivity index (χ0) is 24.4. The molecule has 1 N–H and O–H groups in total. The summed E-state index contributed by atoms with van der Waals surface area (Å²) in [5, 5.41) is 14.7. The van der Waals surface area contributed by atoms with Gasteiger partial charge in [-0.3, -0.25) is 0 Å². The molecule has 1 saturated heterocycles. The molecule has 1 fully saturated rings. The van der Waals surface area contributed by atoms with Crippen molar-refractivity contribution in [3.8, 4) is 6.07 Å². The van der Waals surface area contributed by atoms with E-state index in [1.807, 2.05) is 12.1 Å². The molecule has 0 saturated carbocycles. The molecular formula is C29H31FN4O. The summed E-state index contributed by atoms with van der Waals surface area (Å²) >= 11 is 0. The number of allylic oxidation sites excluding steroid dienone is 2. The molecule has 3 aromatic rings. The Hall–Kier alpha value is -3.40. The van der Waals surface area contributed by atoms with E-state index in [1.54, 1.807) is 0 Å². The molecule has 5 nitrogen and oxygen atoms in total. The summed E-state index contributed by atoms with van der Waals surface area (Å²) in [5.41, 5.74) is 6.13. The Morgan fingerprint density at radius 3 is 2.57 bits per heavy atom. The Balaban J connectivity index is 1.43. The molecule has 0 amide bonds. The van der Waals surface area contributed by atoms with Gasteiger partial charge >= 0.3 is 0 Å². The Labute approximate surface area is 206 Å². The number of aromatic nitrogens is 1. The Kier molecular flexibility index (Phi) is 6.72. The average Bonchev–Trinajstić information content (AvgIpc) is 3.23. The van der Waals surface area contributed by atoms with Gasteiger partial charge < -0.3 is 19.5 Å². The highest BCUT2D eigenvalue weighted by atomic mass is 19.1. The van der Waals surface area contributed by atoms with Gasteiger partial charge in [0.05, 0.1) is 30.0 Å². The number of anilines is 1. The summed E-state index contributed by atoms with van der Waals surface area (Å²) in [5.74, 6) is -0.218. The second-order valence-corrected chi connectivity index (χ2v) is 9.47. The summed E-state index contributed by atoms with van der Waals surface area (Å²) in [6.45, 7) is 8.27. The lowest BCUT2D eigenvalue weighted by molar-refractivity contribution is 0.122. The molecule has 35 heavy (non-hydrogen) atoms. The first-order valence-electron chi connectivity index (χ1n) is 12.3. The van der Waals surface area contributed by atoms with Crippen LogP contribution in [0.25, 0.3) is 16.5 Å². The molecule has 1 aromatic heterocycles. The normalized spacial score (nSPS) is 18.2. The predicted molar refractivity (Wildman–Crippen MR) is 139 cm³/mol. The highest BCUT2D eigenvalue weighted by molar-refractivity contribution is 5.96. The lowest BCUT2D eigenvalue weighted by Crippen LogP contribution is -2.36. The molecular weight excluding hydrogens is 439 g/mol. The lowest BCUT2D eigenvalue weighted by atomic mass is 9.97. The third-order valence-corrected chi connectivity index (χ3v) is 6.85. The van der Waals surface area contributed by atoms with Gasteiger partial charge in [-0.2, -0.15) is 5.26 Å². The maximum atomic E-state index is 13.2. The highest BCUT2D eigenvalue weighted by Crippen LogP contribution is 2.37. The minimum atomic E-state index is -0.218. The molecule has 1 unspecified atom stereocenters. The van der Waals surface area contributed by atoms with Crippen molar-refractivity contribution in [1.29, 1.82) is 5.26 Å². The number of nitrogens with zero attached hydrogens (tertiary/aromatic N) is 3. The minimum absolute atomic E-state index is 0.194. The minimum Gasteiger partial charge on any atom is -0.378 e. The molecule has 6 heteroatoms. The van der Waals surface area contributed by atoms with Gasteiger partial charge in [-0.15, -0.1) is 0 Å². The van der Waals surface area contributed by atoms with Crippen LogP contribution in [0.1, 0.15) is 43.1 Å². The van der Waals surface area contributed by atoms with E-state index in [0.717, 1.165) is 66.0 Å². The van der Waals surface area contributed by atoms with Crippen molar-refractivity contribution in [1.82, 2.24) is 9.88 Å². The molecule has 1 atom stereocenters. The molecule has 0 spiro atoms. The zero-order valence-electron chi connectivity index (χ0n) is 20.3. The van der Waals surface area contributed by atoms with Crippen molar-refractivity contribution in [2.24, 2.45) is 0 Å². The van der Waals surface area contributed by atoms with Crippen LogP contribution < -0.4 is 10.2 Å². The van der Waals surface area contributed by atoms with Crippen molar-refractivity contribution >= 4 is 22.2 Å². The molecule has 1 aliphatic carbocycles. The van der Waals surface area contributed by atoms with Crippen LogP contribution in [0.4, 0.5) is 10.1 Å². The number of halogens is 1. The number of benzene rings is 2. The van der Waals surface area contributed by atoms with Gasteiger partial charge in [-0.05, 0) is 61.7 Å². The Bertz CT molecular complexity index is 1310. The Morgan fingerprint density at radius 2 is 1.91 bits per heavy atom. The van der Waals surface area contributed by atoms with Crippen LogP contribution in [0.15, 0.2) is 60.7 Å². The quantitative estimate of drug-likeness (QED) is 0.512. The van der Waals surface area contributed by atoms with E-state index in [0.29, 0.717) is 6.54 Å². The number of nitriles is 1. The van der Waals surface area contributed by atoms with E-state index in [1.165, 1.54) is 17.8 Å². The fraction of sp³-hybridized carbons (Fsp3) is 0.345. The molecule has 180 valence electrons. The zero-order valence-corrected chi connectivity index (χ0v) is 20.3. The molecule has 2 aromatic carbocycles. The van der Waals surface area contributed by atoms with E-state index in [4.69, 9.17) is 4.74 Å². The highest BCUT2D eigenvalue weighted by Gasteiger charge is 2.23. The molecule has 2 heterocycles. The molecule has 0 radical (unpaired) electrons. The number of nitrogens with one attached hydrogen (secondary N) is 1. The first-order chi connectivity index (χ1) is 17.0. The number of hydrogen-bond acceptors (Lipinski definition) is 4. The SMILES string of the molecule is CC(C)n1c(C2=CCC(NCc3ccc(F)cc3)C=C2)c(C#N)c2ccc(N3CCOCC3)cc21. The van der Waals surface area contributed by atoms with Crippen molar-refractivity contribution in [2.75, 3.05) is 31.2 Å². The lowest BCUT2D eigenvalue weighted by Gasteiger charge is -2.29. The largest absolute Gasteiger partial charge is 0.378 e. The molecule has 1 aliphatic heterocycles. The van der Waals surface area contributed by atoms with Crippen LogP contribution in [0.3, 0.4) is 0 Å². The fourth-order valence-corrected chi connectivity index (χ4v) is 5.05. The summed E-state index contributed by atoms with van der Waals surface area (Å²) in [6, 6.07) is 15.9. The van der Waals surface area contributed by atoms with E-state index >= 15 is 0 Å². The van der Waals surface area contributed by atoms with Gasteiger partial charge in [0.25, 0.3) is 0 Å². The van der Waals surface area contributed by atoms with E-state index in [2.05, 4.69) is 71.1 Å². The van der Waals surface area contributed by atoms with Crippen LogP contribution in [0, 0.1) is 17.1 Å². The maximum Gasteiger partial charge on any atom is 0.123 e. The number of ether oxygens (including phenoxy) is 1. The van der Waals surface area contributed by atoms with Crippen molar-refractivity contribution in [3.63, 3.8) is 0 Å². The summed E-state index contributed by atoms with van der Waals surface area (Å²) < 4.78 is 21.0. The van der Waals surface area contributed by atoms with Gasteiger partial charge in [-0.1, -0.05) is 30.4 Å². The van der Waals surface area contributed by atoms with Gasteiger partial charge in [-0.25, -0.2) is 4.39 Å². The maximum absolute atomic E-state index is 13.2. The molecule has 2 aliphatic rings. The van der Waals surface area contributed by atoms with Crippen LogP contribution in [0.2, 0.25) is 0 Å².